The van der Waals surface area contributed by atoms with Crippen LogP contribution in [0.25, 0.3) is 0 Å². The quantitative estimate of drug-likeness (QED) is 0.486. The van der Waals surface area contributed by atoms with Gasteiger partial charge in [0.05, 0.1) is 5.69 Å². The minimum absolute atomic E-state index is 0.0355. The monoisotopic (exact) mass is 486 g/mol. The Morgan fingerprint density at radius 2 is 1.37 bits per heavy atom. The number of amides is 1. The molecule has 1 N–H and O–H groups in total. The molecule has 6 heteroatoms. The molecule has 3 aromatic carbocycles. The Morgan fingerprint density at radius 1 is 0.857 bits per heavy atom. The lowest BCUT2D eigenvalue weighted by molar-refractivity contribution is -0.122. The molecule has 0 unspecified atom stereocenters. The second-order valence-corrected chi connectivity index (χ2v) is 11.0. The number of hydrogen-bond acceptors (Lipinski definition) is 5. The fourth-order valence-electron chi connectivity index (χ4n) is 4.25. The number of aryl methyl sites for hydroxylation is 1. The Hall–Kier alpha value is -3.25. The van der Waals surface area contributed by atoms with E-state index in [9.17, 15) is 4.79 Å². The third-order valence-electron chi connectivity index (χ3n) is 6.34. The maximum absolute atomic E-state index is 12.7. The summed E-state index contributed by atoms with van der Waals surface area (Å²) in [5.74, 6) is -0.169. The number of nitrogens with one attached hydrogen (secondary N) is 1. The number of nitrogens with zero attached hydrogens (tertiary/aromatic N) is 3. The highest BCUT2D eigenvalue weighted by Gasteiger charge is 2.43. The fraction of sp³-hybridized carbons (Fsp3) is 0.310. The highest BCUT2D eigenvalue weighted by atomic mass is 32.2. The van der Waals surface area contributed by atoms with Crippen LogP contribution in [0.15, 0.2) is 71.7 Å². The Morgan fingerprint density at radius 3 is 1.83 bits per heavy atom. The van der Waals surface area contributed by atoms with E-state index < -0.39 is 4.75 Å². The van der Waals surface area contributed by atoms with Crippen LogP contribution in [0.3, 0.4) is 0 Å². The molecule has 1 aliphatic rings. The number of rotatable bonds is 5. The number of benzene rings is 3. The molecule has 1 amide bonds. The minimum atomic E-state index is -0.571. The van der Waals surface area contributed by atoms with Crippen LogP contribution in [0.1, 0.15) is 36.1 Å². The summed E-state index contributed by atoms with van der Waals surface area (Å²) in [4.78, 5) is 21.8. The smallest absolute Gasteiger partial charge is 0.228 e. The van der Waals surface area contributed by atoms with Gasteiger partial charge in [0.25, 0.3) is 0 Å². The molecule has 0 atom stereocenters. The van der Waals surface area contributed by atoms with Gasteiger partial charge in [0.15, 0.2) is 5.17 Å². The standard InChI is InChI=1S/C29H34N4OS/c1-19(2)27(34)31-28-30-26-17-8-20(3)18-25(26)29(35-28,21-9-13-23(14-10-21)32(4)5)22-11-15-24(16-12-22)33(6)7/h8-19H,1-7H3,(H,30,31,34). The van der Waals surface area contributed by atoms with Gasteiger partial charge in [-0.2, -0.15) is 0 Å². The highest BCUT2D eigenvalue weighted by Crippen LogP contribution is 2.54. The van der Waals surface area contributed by atoms with E-state index in [1.54, 1.807) is 11.8 Å². The van der Waals surface area contributed by atoms with Crippen LogP contribution < -0.4 is 15.1 Å². The number of anilines is 2. The Bertz CT molecular complexity index is 1190. The lowest BCUT2D eigenvalue weighted by Gasteiger charge is -2.39. The maximum Gasteiger partial charge on any atom is 0.228 e. The van der Waals surface area contributed by atoms with Crippen molar-refractivity contribution in [2.45, 2.75) is 25.5 Å². The third-order valence-corrected chi connectivity index (χ3v) is 7.72. The van der Waals surface area contributed by atoms with Gasteiger partial charge in [-0.15, -0.1) is 0 Å². The van der Waals surface area contributed by atoms with Crippen molar-refractivity contribution in [2.24, 2.45) is 10.9 Å². The zero-order chi connectivity index (χ0) is 25.3. The number of aliphatic imine (C=N–C) groups is 1. The molecule has 4 rings (SSSR count). The van der Waals surface area contributed by atoms with Crippen molar-refractivity contribution in [1.29, 1.82) is 0 Å². The van der Waals surface area contributed by atoms with Crippen LogP contribution in [0.4, 0.5) is 17.1 Å². The molecule has 1 heterocycles. The summed E-state index contributed by atoms with van der Waals surface area (Å²) >= 11 is 1.60. The first-order valence-electron chi connectivity index (χ1n) is 11.9. The molecule has 0 aliphatic carbocycles. The molecule has 35 heavy (non-hydrogen) atoms. The van der Waals surface area contributed by atoms with Gasteiger partial charge in [0.2, 0.25) is 5.91 Å². The van der Waals surface area contributed by atoms with E-state index in [4.69, 9.17) is 4.99 Å². The van der Waals surface area contributed by atoms with E-state index in [0.29, 0.717) is 5.17 Å². The zero-order valence-corrected chi connectivity index (χ0v) is 22.4. The van der Waals surface area contributed by atoms with Crippen molar-refractivity contribution in [3.05, 3.63) is 89.0 Å². The fourth-order valence-corrected chi connectivity index (χ4v) is 5.62. The Balaban J connectivity index is 1.97. The first kappa shape index (κ1) is 24.9. The third kappa shape index (κ3) is 4.80. The van der Waals surface area contributed by atoms with Gasteiger partial charge in [0.1, 0.15) is 4.75 Å². The summed E-state index contributed by atoms with van der Waals surface area (Å²) in [6.45, 7) is 5.90. The molecule has 182 valence electrons. The number of hydrogen-bond donors (Lipinski definition) is 1. The number of thioether (sulfide) groups is 1. The molecule has 0 aromatic heterocycles. The Labute approximate surface area is 213 Å². The molecular weight excluding hydrogens is 452 g/mol. The zero-order valence-electron chi connectivity index (χ0n) is 21.6. The van der Waals surface area contributed by atoms with Crippen molar-refractivity contribution in [3.63, 3.8) is 0 Å². The van der Waals surface area contributed by atoms with Crippen molar-refractivity contribution in [2.75, 3.05) is 38.0 Å². The number of amidine groups is 1. The van der Waals surface area contributed by atoms with E-state index >= 15 is 0 Å². The van der Waals surface area contributed by atoms with Gasteiger partial charge in [-0.3, -0.25) is 4.79 Å². The van der Waals surface area contributed by atoms with Crippen molar-refractivity contribution in [3.8, 4) is 0 Å². The number of fused-ring (bicyclic) bond motifs is 1. The van der Waals surface area contributed by atoms with E-state index in [1.165, 1.54) is 5.56 Å². The average Bonchev–Trinajstić information content (AvgIpc) is 2.83. The SMILES string of the molecule is Cc1ccc2c(c1)C(c1ccc(N(C)C)cc1)(c1ccc(N(C)C)cc1)SC(NC(=O)C(C)C)=N2. The van der Waals surface area contributed by atoms with Crippen LogP contribution in [0.2, 0.25) is 0 Å². The first-order chi connectivity index (χ1) is 16.6. The normalized spacial score (nSPS) is 14.2. The average molecular weight is 487 g/mol. The summed E-state index contributed by atoms with van der Waals surface area (Å²) in [5.41, 5.74) is 7.74. The van der Waals surface area contributed by atoms with Crippen LogP contribution in [0.5, 0.6) is 0 Å². The van der Waals surface area contributed by atoms with Crippen LogP contribution in [-0.4, -0.2) is 39.3 Å². The lowest BCUT2D eigenvalue weighted by atomic mass is 9.82. The van der Waals surface area contributed by atoms with Crippen molar-refractivity contribution < 1.29 is 4.79 Å². The molecule has 0 fully saturated rings. The molecule has 0 saturated heterocycles. The van der Waals surface area contributed by atoms with Crippen LogP contribution in [0, 0.1) is 12.8 Å². The van der Waals surface area contributed by atoms with E-state index in [-0.39, 0.29) is 11.8 Å². The second-order valence-electron chi connectivity index (χ2n) is 9.75. The molecule has 0 spiro atoms. The minimum Gasteiger partial charge on any atom is -0.378 e. The van der Waals surface area contributed by atoms with E-state index in [0.717, 1.165) is 33.8 Å². The van der Waals surface area contributed by atoms with E-state index in [2.05, 4.69) is 88.8 Å². The predicted molar refractivity (Wildman–Crippen MR) is 150 cm³/mol. The molecular formula is C29H34N4OS. The molecule has 5 nitrogen and oxygen atoms in total. The number of carbonyl (C=O) groups excluding carboxylic acids is 1. The summed E-state index contributed by atoms with van der Waals surface area (Å²) in [7, 11) is 8.19. The molecule has 3 aromatic rings. The summed E-state index contributed by atoms with van der Waals surface area (Å²) < 4.78 is -0.571. The summed E-state index contributed by atoms with van der Waals surface area (Å²) in [6.07, 6.45) is 0. The number of carbonyl (C=O) groups is 1. The van der Waals surface area contributed by atoms with Gasteiger partial charge < -0.3 is 15.1 Å². The molecule has 0 saturated carbocycles. The van der Waals surface area contributed by atoms with E-state index in [1.807, 2.05) is 42.0 Å². The highest BCUT2D eigenvalue weighted by molar-refractivity contribution is 8.15. The topological polar surface area (TPSA) is 47.9 Å². The lowest BCUT2D eigenvalue weighted by Crippen LogP contribution is -2.38. The Kier molecular flexibility index (Phi) is 6.95. The van der Waals surface area contributed by atoms with Gasteiger partial charge in [0, 0.05) is 51.0 Å². The summed E-state index contributed by atoms with van der Waals surface area (Å²) in [6, 6.07) is 23.8. The van der Waals surface area contributed by atoms with Gasteiger partial charge in [-0.25, -0.2) is 4.99 Å². The van der Waals surface area contributed by atoms with Crippen LogP contribution >= 0.6 is 11.8 Å². The molecule has 1 aliphatic heterocycles. The first-order valence-corrected chi connectivity index (χ1v) is 12.7. The second kappa shape index (κ2) is 9.78. The van der Waals surface area contributed by atoms with Crippen LogP contribution in [-0.2, 0) is 9.54 Å². The molecule has 0 bridgehead atoms. The van der Waals surface area contributed by atoms with Gasteiger partial charge in [-0.1, -0.05) is 67.6 Å². The van der Waals surface area contributed by atoms with Gasteiger partial charge in [-0.05, 0) is 48.4 Å². The maximum atomic E-state index is 12.7. The largest absolute Gasteiger partial charge is 0.378 e. The summed E-state index contributed by atoms with van der Waals surface area (Å²) in [5, 5.41) is 3.70. The van der Waals surface area contributed by atoms with Gasteiger partial charge >= 0.3 is 0 Å². The molecule has 0 radical (unpaired) electrons. The predicted octanol–water partition coefficient (Wildman–Crippen LogP) is 5.93. The van der Waals surface area contributed by atoms with Crippen molar-refractivity contribution in [1.82, 2.24) is 5.32 Å². The van der Waals surface area contributed by atoms with Crippen molar-refractivity contribution >= 4 is 39.9 Å².